The Kier molecular flexibility index (Phi) is 2.49. The van der Waals surface area contributed by atoms with Gasteiger partial charge in [0.25, 0.3) is 0 Å². The standard InChI is InChI=1S/C12H19N3/c1-2-5-10(4-1)15-9-13-8-12(15)11-6-3-7-14-11/h8-11,14H,1-7H2. The first-order valence-electron chi connectivity index (χ1n) is 6.20. The Balaban J connectivity index is 1.84. The van der Waals surface area contributed by atoms with E-state index >= 15 is 0 Å². The van der Waals surface area contributed by atoms with Crippen molar-refractivity contribution in [2.24, 2.45) is 0 Å². The molecule has 1 saturated carbocycles. The van der Waals surface area contributed by atoms with E-state index in [4.69, 9.17) is 0 Å². The number of imidazole rings is 1. The maximum absolute atomic E-state index is 4.33. The van der Waals surface area contributed by atoms with Crippen molar-refractivity contribution in [2.45, 2.75) is 50.6 Å². The van der Waals surface area contributed by atoms with Gasteiger partial charge in [0, 0.05) is 18.3 Å². The molecule has 1 atom stereocenters. The molecule has 1 N–H and O–H groups in total. The first-order valence-corrected chi connectivity index (χ1v) is 6.20. The van der Waals surface area contributed by atoms with Crippen LogP contribution in [0, 0.1) is 0 Å². The molecule has 3 heteroatoms. The fourth-order valence-electron chi connectivity index (χ4n) is 3.01. The molecule has 1 aliphatic carbocycles. The lowest BCUT2D eigenvalue weighted by atomic mass is 10.1. The highest BCUT2D eigenvalue weighted by Crippen LogP contribution is 2.33. The second-order valence-corrected chi connectivity index (χ2v) is 4.81. The average molecular weight is 205 g/mol. The van der Waals surface area contributed by atoms with Gasteiger partial charge in [0.1, 0.15) is 0 Å². The molecule has 1 aromatic heterocycles. The van der Waals surface area contributed by atoms with Gasteiger partial charge < -0.3 is 9.88 Å². The van der Waals surface area contributed by atoms with Crippen molar-refractivity contribution in [1.82, 2.24) is 14.9 Å². The number of nitrogens with one attached hydrogen (secondary N) is 1. The molecule has 0 amide bonds. The van der Waals surface area contributed by atoms with Crippen molar-refractivity contribution >= 4 is 0 Å². The van der Waals surface area contributed by atoms with Crippen molar-refractivity contribution < 1.29 is 0 Å². The van der Waals surface area contributed by atoms with E-state index in [-0.39, 0.29) is 0 Å². The van der Waals surface area contributed by atoms with Gasteiger partial charge in [-0.05, 0) is 32.2 Å². The molecule has 2 heterocycles. The van der Waals surface area contributed by atoms with Crippen LogP contribution in [-0.2, 0) is 0 Å². The first-order chi connectivity index (χ1) is 7.45. The van der Waals surface area contributed by atoms with Gasteiger partial charge in [-0.1, -0.05) is 12.8 Å². The van der Waals surface area contributed by atoms with E-state index in [0.717, 1.165) is 6.04 Å². The maximum atomic E-state index is 4.33. The topological polar surface area (TPSA) is 29.9 Å². The molecule has 1 aromatic rings. The smallest absolute Gasteiger partial charge is 0.0951 e. The highest BCUT2D eigenvalue weighted by molar-refractivity contribution is 5.09. The third-order valence-electron chi connectivity index (χ3n) is 3.83. The van der Waals surface area contributed by atoms with Gasteiger partial charge in [-0.2, -0.15) is 0 Å². The van der Waals surface area contributed by atoms with Crippen molar-refractivity contribution in [1.29, 1.82) is 0 Å². The summed E-state index contributed by atoms with van der Waals surface area (Å²) in [5.41, 5.74) is 1.42. The van der Waals surface area contributed by atoms with E-state index in [1.165, 1.54) is 50.8 Å². The highest BCUT2D eigenvalue weighted by Gasteiger charge is 2.24. The van der Waals surface area contributed by atoms with Gasteiger partial charge >= 0.3 is 0 Å². The first kappa shape index (κ1) is 9.40. The van der Waals surface area contributed by atoms with Gasteiger partial charge in [-0.15, -0.1) is 0 Å². The Labute approximate surface area is 90.9 Å². The van der Waals surface area contributed by atoms with Gasteiger partial charge in [-0.25, -0.2) is 4.98 Å². The summed E-state index contributed by atoms with van der Waals surface area (Å²) in [6.45, 7) is 1.17. The Morgan fingerprint density at radius 2 is 2.07 bits per heavy atom. The van der Waals surface area contributed by atoms with E-state index in [0.29, 0.717) is 6.04 Å². The maximum Gasteiger partial charge on any atom is 0.0951 e. The highest BCUT2D eigenvalue weighted by atomic mass is 15.1. The summed E-state index contributed by atoms with van der Waals surface area (Å²) in [7, 11) is 0. The van der Waals surface area contributed by atoms with Gasteiger partial charge in [0.05, 0.1) is 12.0 Å². The summed E-state index contributed by atoms with van der Waals surface area (Å²) in [5, 5.41) is 3.56. The molecule has 1 unspecified atom stereocenters. The molecule has 2 fully saturated rings. The number of hydrogen-bond acceptors (Lipinski definition) is 2. The lowest BCUT2D eigenvalue weighted by Crippen LogP contribution is -2.18. The van der Waals surface area contributed by atoms with Crippen molar-refractivity contribution in [3.05, 3.63) is 18.2 Å². The zero-order chi connectivity index (χ0) is 10.1. The molecule has 1 saturated heterocycles. The fourth-order valence-corrected chi connectivity index (χ4v) is 3.01. The molecule has 0 spiro atoms. The molecule has 3 rings (SSSR count). The molecular weight excluding hydrogens is 186 g/mol. The summed E-state index contributed by atoms with van der Waals surface area (Å²) < 4.78 is 2.43. The third-order valence-corrected chi connectivity index (χ3v) is 3.83. The Morgan fingerprint density at radius 1 is 1.20 bits per heavy atom. The zero-order valence-corrected chi connectivity index (χ0v) is 9.15. The summed E-state index contributed by atoms with van der Waals surface area (Å²) in [4.78, 5) is 4.33. The van der Waals surface area contributed by atoms with Crippen LogP contribution in [0.5, 0.6) is 0 Å². The molecule has 0 radical (unpaired) electrons. The predicted molar refractivity (Wildman–Crippen MR) is 59.7 cm³/mol. The lowest BCUT2D eigenvalue weighted by molar-refractivity contribution is 0.471. The Bertz CT molecular complexity index is 289. The van der Waals surface area contributed by atoms with E-state index in [2.05, 4.69) is 21.1 Å². The molecule has 82 valence electrons. The monoisotopic (exact) mass is 205 g/mol. The van der Waals surface area contributed by atoms with Crippen LogP contribution in [0.15, 0.2) is 12.5 Å². The van der Waals surface area contributed by atoms with E-state index < -0.39 is 0 Å². The van der Waals surface area contributed by atoms with Crippen molar-refractivity contribution in [3.63, 3.8) is 0 Å². The van der Waals surface area contributed by atoms with Gasteiger partial charge in [0.15, 0.2) is 0 Å². The van der Waals surface area contributed by atoms with E-state index in [1.807, 2.05) is 6.33 Å². The van der Waals surface area contributed by atoms with Crippen LogP contribution in [0.3, 0.4) is 0 Å². The minimum Gasteiger partial charge on any atom is -0.330 e. The van der Waals surface area contributed by atoms with Crippen molar-refractivity contribution in [3.8, 4) is 0 Å². The second-order valence-electron chi connectivity index (χ2n) is 4.81. The summed E-state index contributed by atoms with van der Waals surface area (Å²) in [5.74, 6) is 0. The van der Waals surface area contributed by atoms with Crippen molar-refractivity contribution in [2.75, 3.05) is 6.54 Å². The third kappa shape index (κ3) is 1.69. The molecule has 0 aromatic carbocycles. The van der Waals surface area contributed by atoms with Crippen LogP contribution < -0.4 is 5.32 Å². The van der Waals surface area contributed by atoms with Crippen LogP contribution in [0.1, 0.15) is 56.3 Å². The fraction of sp³-hybridized carbons (Fsp3) is 0.750. The van der Waals surface area contributed by atoms with E-state index in [9.17, 15) is 0 Å². The Hall–Kier alpha value is -0.830. The molecule has 3 nitrogen and oxygen atoms in total. The molecular formula is C12H19N3. The second kappa shape index (κ2) is 3.97. The number of aromatic nitrogens is 2. The number of hydrogen-bond donors (Lipinski definition) is 1. The zero-order valence-electron chi connectivity index (χ0n) is 9.15. The van der Waals surface area contributed by atoms with Crippen LogP contribution in [0.4, 0.5) is 0 Å². The SMILES string of the molecule is c1ncn(C2CCCC2)c1C1CCCN1. The van der Waals surface area contributed by atoms with Crippen LogP contribution in [-0.4, -0.2) is 16.1 Å². The normalized spacial score (nSPS) is 27.6. The van der Waals surface area contributed by atoms with Gasteiger partial charge in [-0.3, -0.25) is 0 Å². The Morgan fingerprint density at radius 3 is 2.80 bits per heavy atom. The predicted octanol–water partition coefficient (Wildman–Crippen LogP) is 2.42. The minimum atomic E-state index is 0.563. The largest absolute Gasteiger partial charge is 0.330 e. The summed E-state index contributed by atoms with van der Waals surface area (Å²) in [6.07, 6.45) is 12.1. The molecule has 1 aliphatic heterocycles. The van der Waals surface area contributed by atoms with Crippen LogP contribution in [0.2, 0.25) is 0 Å². The average Bonchev–Trinajstić information content (AvgIpc) is 3.01. The van der Waals surface area contributed by atoms with Gasteiger partial charge in [0.2, 0.25) is 0 Å². The summed E-state index contributed by atoms with van der Waals surface area (Å²) in [6, 6.07) is 1.29. The minimum absolute atomic E-state index is 0.563. The quantitative estimate of drug-likeness (QED) is 0.803. The van der Waals surface area contributed by atoms with Crippen LogP contribution in [0.25, 0.3) is 0 Å². The molecule has 2 aliphatic rings. The summed E-state index contributed by atoms with van der Waals surface area (Å²) >= 11 is 0. The molecule has 15 heavy (non-hydrogen) atoms. The lowest BCUT2D eigenvalue weighted by Gasteiger charge is -2.18. The number of rotatable bonds is 2. The molecule has 0 bridgehead atoms. The van der Waals surface area contributed by atoms with E-state index in [1.54, 1.807) is 0 Å². The van der Waals surface area contributed by atoms with Crippen LogP contribution >= 0.6 is 0 Å². The number of nitrogens with zero attached hydrogens (tertiary/aromatic N) is 2.